The molecule has 4 rings (SSSR count). The van der Waals surface area contributed by atoms with E-state index in [9.17, 15) is 14.4 Å². The van der Waals surface area contributed by atoms with E-state index < -0.39 is 0 Å². The Morgan fingerprint density at radius 1 is 1.10 bits per heavy atom. The van der Waals surface area contributed by atoms with Crippen LogP contribution in [0.4, 0.5) is 5.95 Å². The van der Waals surface area contributed by atoms with E-state index in [4.69, 9.17) is 32.9 Å². The molecule has 2 aromatic carbocycles. The number of rotatable bonds is 8. The van der Waals surface area contributed by atoms with Crippen molar-refractivity contribution in [3.63, 3.8) is 0 Å². The number of hydrogen-bond acceptors (Lipinski definition) is 6. The fourth-order valence-electron chi connectivity index (χ4n) is 4.45. The summed E-state index contributed by atoms with van der Waals surface area (Å²) in [5.74, 6) is -0.0754. The highest BCUT2D eigenvalue weighted by molar-refractivity contribution is 6.42. The lowest BCUT2D eigenvalue weighted by atomic mass is 9.98. The van der Waals surface area contributed by atoms with Crippen LogP contribution in [0.15, 0.2) is 47.3 Å². The van der Waals surface area contributed by atoms with Crippen LogP contribution in [0.3, 0.4) is 0 Å². The second kappa shape index (κ2) is 12.2. The van der Waals surface area contributed by atoms with Gasteiger partial charge in [0.1, 0.15) is 0 Å². The molecule has 0 saturated heterocycles. The lowest BCUT2D eigenvalue weighted by Crippen LogP contribution is -2.46. The van der Waals surface area contributed by atoms with Crippen molar-refractivity contribution in [3.8, 4) is 5.69 Å². The van der Waals surface area contributed by atoms with Crippen LogP contribution in [0.5, 0.6) is 0 Å². The molecule has 1 aromatic heterocycles. The van der Waals surface area contributed by atoms with Gasteiger partial charge in [0, 0.05) is 42.4 Å². The maximum Gasteiger partial charge on any atom is 0.263 e. The summed E-state index contributed by atoms with van der Waals surface area (Å²) in [5, 5.41) is 6.71. The van der Waals surface area contributed by atoms with Gasteiger partial charge in [-0.1, -0.05) is 23.2 Å². The number of benzene rings is 2. The molecular formula is C28H31Cl2N5O4. The smallest absolute Gasteiger partial charge is 0.263 e. The largest absolute Gasteiger partial charge is 0.383 e. The normalized spacial score (nSPS) is 14.7. The Labute approximate surface area is 237 Å². The highest BCUT2D eigenvalue weighted by Crippen LogP contribution is 2.27. The van der Waals surface area contributed by atoms with Gasteiger partial charge in [0.25, 0.3) is 17.4 Å². The summed E-state index contributed by atoms with van der Waals surface area (Å²) in [4.78, 5) is 46.1. The predicted molar refractivity (Wildman–Crippen MR) is 152 cm³/mol. The van der Waals surface area contributed by atoms with E-state index in [0.717, 1.165) is 0 Å². The Morgan fingerprint density at radius 2 is 1.79 bits per heavy atom. The molecule has 0 bridgehead atoms. The Morgan fingerprint density at radius 3 is 2.44 bits per heavy atom. The number of ether oxygens (including phenoxy) is 1. The fraction of sp³-hybridized carbons (Fsp3) is 0.357. The second-order valence-corrected chi connectivity index (χ2v) is 10.5. The fourth-order valence-corrected chi connectivity index (χ4v) is 4.75. The third-order valence-electron chi connectivity index (χ3n) is 6.44. The van der Waals surface area contributed by atoms with Gasteiger partial charge in [-0.05, 0) is 69.7 Å². The lowest BCUT2D eigenvalue weighted by Gasteiger charge is -2.34. The quantitative estimate of drug-likeness (QED) is 0.390. The summed E-state index contributed by atoms with van der Waals surface area (Å²) in [5.41, 5.74) is 2.34. The van der Waals surface area contributed by atoms with Crippen LogP contribution >= 0.6 is 23.2 Å². The van der Waals surface area contributed by atoms with Crippen LogP contribution < -0.4 is 16.2 Å². The van der Waals surface area contributed by atoms with Crippen LogP contribution in [0.25, 0.3) is 5.69 Å². The van der Waals surface area contributed by atoms with E-state index in [1.807, 2.05) is 20.8 Å². The van der Waals surface area contributed by atoms with Crippen molar-refractivity contribution < 1.29 is 14.3 Å². The van der Waals surface area contributed by atoms with Crippen molar-refractivity contribution in [1.29, 1.82) is 0 Å². The first-order valence-corrected chi connectivity index (χ1v) is 13.4. The molecule has 0 unspecified atom stereocenters. The SMILES string of the molecule is COCCNC(=O)c1ccc(-n2c(NC(C)C)nc3c(c2=O)C[C@@H](C)N(C(=O)c2ccc(Cl)c(Cl)c2)C3)cc1. The van der Waals surface area contributed by atoms with Gasteiger partial charge in [-0.15, -0.1) is 0 Å². The average molecular weight is 572 g/mol. The first kappa shape index (κ1) is 28.6. The number of carbonyl (C=O) groups is 2. The van der Waals surface area contributed by atoms with Crippen molar-refractivity contribution >= 4 is 41.0 Å². The van der Waals surface area contributed by atoms with Crippen LogP contribution in [0, 0.1) is 0 Å². The van der Waals surface area contributed by atoms with Gasteiger partial charge >= 0.3 is 0 Å². The maximum atomic E-state index is 13.8. The summed E-state index contributed by atoms with van der Waals surface area (Å²) >= 11 is 12.2. The molecule has 0 radical (unpaired) electrons. The zero-order valence-corrected chi connectivity index (χ0v) is 23.8. The number of halogens is 2. The van der Waals surface area contributed by atoms with E-state index in [1.165, 1.54) is 4.57 Å². The van der Waals surface area contributed by atoms with Crippen molar-refractivity contribution in [3.05, 3.63) is 85.2 Å². The summed E-state index contributed by atoms with van der Waals surface area (Å²) in [6.45, 7) is 6.80. The van der Waals surface area contributed by atoms with E-state index in [1.54, 1.807) is 54.5 Å². The highest BCUT2D eigenvalue weighted by atomic mass is 35.5. The zero-order chi connectivity index (χ0) is 28.3. The number of anilines is 1. The Kier molecular flexibility index (Phi) is 8.94. The number of fused-ring (bicyclic) bond motifs is 1. The zero-order valence-electron chi connectivity index (χ0n) is 22.3. The van der Waals surface area contributed by atoms with Gasteiger partial charge in [0.2, 0.25) is 5.95 Å². The minimum atomic E-state index is -0.246. The van der Waals surface area contributed by atoms with E-state index >= 15 is 0 Å². The number of amides is 2. The molecule has 2 amide bonds. The van der Waals surface area contributed by atoms with Crippen LogP contribution in [0.1, 0.15) is 52.7 Å². The molecule has 206 valence electrons. The third kappa shape index (κ3) is 6.27. The molecule has 0 spiro atoms. The van der Waals surface area contributed by atoms with E-state index in [0.29, 0.717) is 63.6 Å². The van der Waals surface area contributed by atoms with Crippen LogP contribution in [-0.2, 0) is 17.7 Å². The highest BCUT2D eigenvalue weighted by Gasteiger charge is 2.32. The molecule has 0 fully saturated rings. The molecule has 1 aliphatic rings. The standard InChI is InChI=1S/C28H31Cl2N5O4/c1-16(2)32-28-33-24-15-34(26(37)19-7-10-22(29)23(30)14-19)17(3)13-21(24)27(38)35(28)20-8-5-18(6-9-20)25(36)31-11-12-39-4/h5-10,14,16-17H,11-13,15H2,1-4H3,(H,31,36)(H,32,33)/t17-/m1/s1. The van der Waals surface area contributed by atoms with Gasteiger partial charge in [-0.3, -0.25) is 14.4 Å². The predicted octanol–water partition coefficient (Wildman–Crippen LogP) is 4.32. The minimum Gasteiger partial charge on any atom is -0.383 e. The van der Waals surface area contributed by atoms with Crippen molar-refractivity contribution in [2.24, 2.45) is 0 Å². The maximum absolute atomic E-state index is 13.8. The Bertz CT molecular complexity index is 1440. The molecule has 1 atom stereocenters. The topological polar surface area (TPSA) is 106 Å². The van der Waals surface area contributed by atoms with Crippen LogP contribution in [-0.4, -0.2) is 58.6 Å². The monoisotopic (exact) mass is 571 g/mol. The van der Waals surface area contributed by atoms with Crippen molar-refractivity contribution in [1.82, 2.24) is 19.8 Å². The summed E-state index contributed by atoms with van der Waals surface area (Å²) < 4.78 is 6.49. The molecule has 9 nitrogen and oxygen atoms in total. The molecule has 1 aliphatic heterocycles. The molecule has 0 saturated carbocycles. The van der Waals surface area contributed by atoms with E-state index in [2.05, 4.69) is 10.6 Å². The van der Waals surface area contributed by atoms with Crippen LogP contribution in [0.2, 0.25) is 10.0 Å². The van der Waals surface area contributed by atoms with E-state index in [-0.39, 0.29) is 36.0 Å². The molecule has 0 aliphatic carbocycles. The molecule has 39 heavy (non-hydrogen) atoms. The molecule has 11 heteroatoms. The number of nitrogens with one attached hydrogen (secondary N) is 2. The minimum absolute atomic E-state index is 0.0107. The number of hydrogen-bond donors (Lipinski definition) is 2. The molecule has 2 N–H and O–H groups in total. The number of methoxy groups -OCH3 is 1. The van der Waals surface area contributed by atoms with Crippen molar-refractivity contribution in [2.75, 3.05) is 25.6 Å². The number of aromatic nitrogens is 2. The lowest BCUT2D eigenvalue weighted by molar-refractivity contribution is 0.0653. The Balaban J connectivity index is 1.68. The first-order chi connectivity index (χ1) is 18.6. The van der Waals surface area contributed by atoms with Gasteiger partial charge in [-0.2, -0.15) is 0 Å². The van der Waals surface area contributed by atoms with Crippen molar-refractivity contribution in [2.45, 2.75) is 45.8 Å². The van der Waals surface area contributed by atoms with Gasteiger partial charge < -0.3 is 20.3 Å². The summed E-state index contributed by atoms with van der Waals surface area (Å²) in [6, 6.07) is 11.3. The molecule has 2 heterocycles. The molecule has 3 aromatic rings. The number of nitrogens with zero attached hydrogens (tertiary/aromatic N) is 3. The summed E-state index contributed by atoms with van der Waals surface area (Å²) in [6.07, 6.45) is 0.343. The average Bonchev–Trinajstić information content (AvgIpc) is 2.90. The third-order valence-corrected chi connectivity index (χ3v) is 7.18. The summed E-state index contributed by atoms with van der Waals surface area (Å²) in [7, 11) is 1.57. The van der Waals surface area contributed by atoms with Gasteiger partial charge in [-0.25, -0.2) is 9.55 Å². The number of carbonyl (C=O) groups excluding carboxylic acids is 2. The molecular weight excluding hydrogens is 541 g/mol. The van der Waals surface area contributed by atoms with Gasteiger partial charge in [0.15, 0.2) is 0 Å². The Hall–Kier alpha value is -3.40. The second-order valence-electron chi connectivity index (χ2n) is 9.71. The van der Waals surface area contributed by atoms with Gasteiger partial charge in [0.05, 0.1) is 34.6 Å². The first-order valence-electron chi connectivity index (χ1n) is 12.7.